The zero-order valence-electron chi connectivity index (χ0n) is 10.2. The van der Waals surface area contributed by atoms with E-state index < -0.39 is 5.79 Å². The summed E-state index contributed by atoms with van der Waals surface area (Å²) in [5.41, 5.74) is 2.02. The summed E-state index contributed by atoms with van der Waals surface area (Å²) in [6, 6.07) is 3.97. The first-order chi connectivity index (χ1) is 7.44. The first-order valence-electron chi connectivity index (χ1n) is 5.58. The highest BCUT2D eigenvalue weighted by molar-refractivity contribution is 5.52. The molecule has 0 aromatic heterocycles. The molecule has 0 amide bonds. The topological polar surface area (TPSA) is 38.7 Å². The van der Waals surface area contributed by atoms with E-state index in [0.29, 0.717) is 5.75 Å². The third-order valence-corrected chi connectivity index (χ3v) is 3.11. The number of rotatable bonds is 1. The molecular formula is C13H18O3. The smallest absolute Gasteiger partial charge is 0.245 e. The average molecular weight is 222 g/mol. The molecule has 0 spiro atoms. The maximum atomic E-state index is 10.3. The lowest BCUT2D eigenvalue weighted by atomic mass is 10.0. The van der Waals surface area contributed by atoms with E-state index in [1.807, 2.05) is 39.8 Å². The van der Waals surface area contributed by atoms with Crippen molar-refractivity contribution in [3.05, 3.63) is 23.3 Å². The number of fused-ring (bicyclic) bond motifs is 1. The Labute approximate surface area is 96.0 Å². The molecule has 0 unspecified atom stereocenters. The fourth-order valence-corrected chi connectivity index (χ4v) is 1.73. The summed E-state index contributed by atoms with van der Waals surface area (Å²) in [5, 5.41) is 10.3. The summed E-state index contributed by atoms with van der Waals surface area (Å²) in [6.07, 6.45) is 0. The van der Waals surface area contributed by atoms with Crippen LogP contribution in [0.4, 0.5) is 0 Å². The fraction of sp³-hybridized carbons (Fsp3) is 0.538. The minimum atomic E-state index is -1.22. The summed E-state index contributed by atoms with van der Waals surface area (Å²) in [5.74, 6) is 0.194. The molecule has 1 N–H and O–H groups in total. The Kier molecular flexibility index (Phi) is 2.58. The highest BCUT2D eigenvalue weighted by Gasteiger charge is 2.39. The van der Waals surface area contributed by atoms with Crippen molar-refractivity contribution >= 4 is 0 Å². The molecule has 1 aliphatic rings. The lowest BCUT2D eigenvalue weighted by molar-refractivity contribution is -0.202. The van der Waals surface area contributed by atoms with Gasteiger partial charge in [-0.05, 0) is 25.0 Å². The maximum Gasteiger partial charge on any atom is 0.245 e. The minimum absolute atomic E-state index is 0.0134. The van der Waals surface area contributed by atoms with Crippen molar-refractivity contribution in [1.29, 1.82) is 0 Å². The van der Waals surface area contributed by atoms with E-state index in [2.05, 4.69) is 0 Å². The maximum absolute atomic E-state index is 10.3. The molecule has 0 radical (unpaired) electrons. The van der Waals surface area contributed by atoms with Crippen LogP contribution in [-0.2, 0) is 0 Å². The van der Waals surface area contributed by atoms with Crippen LogP contribution in [0.3, 0.4) is 0 Å². The zero-order chi connectivity index (χ0) is 11.9. The normalized spacial score (nSPS) is 23.6. The van der Waals surface area contributed by atoms with Crippen molar-refractivity contribution in [2.24, 2.45) is 5.92 Å². The number of hydrogen-bond donors (Lipinski definition) is 1. The Morgan fingerprint density at radius 2 is 1.75 bits per heavy atom. The minimum Gasteiger partial charge on any atom is -0.483 e. The van der Waals surface area contributed by atoms with E-state index in [0.717, 1.165) is 16.9 Å². The lowest BCUT2D eigenvalue weighted by Gasteiger charge is -2.37. The van der Waals surface area contributed by atoms with Crippen molar-refractivity contribution in [2.75, 3.05) is 6.61 Å². The van der Waals surface area contributed by atoms with Crippen molar-refractivity contribution in [1.82, 2.24) is 0 Å². The van der Waals surface area contributed by atoms with E-state index in [1.165, 1.54) is 0 Å². The van der Waals surface area contributed by atoms with E-state index >= 15 is 0 Å². The SMILES string of the molecule is Cc1ccc(C)c2c1OC[C@@](O)(C(C)C)O2. The first kappa shape index (κ1) is 11.3. The number of ether oxygens (including phenoxy) is 2. The van der Waals surface area contributed by atoms with Crippen LogP contribution in [0.5, 0.6) is 11.5 Å². The van der Waals surface area contributed by atoms with E-state index in [4.69, 9.17) is 9.47 Å². The highest BCUT2D eigenvalue weighted by atomic mass is 16.7. The van der Waals surface area contributed by atoms with E-state index in [1.54, 1.807) is 0 Å². The summed E-state index contributed by atoms with van der Waals surface area (Å²) >= 11 is 0. The largest absolute Gasteiger partial charge is 0.483 e. The summed E-state index contributed by atoms with van der Waals surface area (Å²) in [7, 11) is 0. The van der Waals surface area contributed by atoms with Gasteiger partial charge in [-0.3, -0.25) is 0 Å². The molecule has 0 fully saturated rings. The number of aryl methyl sites for hydroxylation is 2. The van der Waals surface area contributed by atoms with Crippen LogP contribution in [-0.4, -0.2) is 17.5 Å². The van der Waals surface area contributed by atoms with Crippen LogP contribution in [0.25, 0.3) is 0 Å². The second-order valence-electron chi connectivity index (χ2n) is 4.75. The Morgan fingerprint density at radius 1 is 1.19 bits per heavy atom. The third kappa shape index (κ3) is 1.65. The second-order valence-corrected chi connectivity index (χ2v) is 4.75. The Hall–Kier alpha value is -1.22. The van der Waals surface area contributed by atoms with Gasteiger partial charge in [0, 0.05) is 5.92 Å². The molecule has 3 heteroatoms. The van der Waals surface area contributed by atoms with Gasteiger partial charge < -0.3 is 14.6 Å². The highest BCUT2D eigenvalue weighted by Crippen LogP contribution is 2.41. The standard InChI is InChI=1S/C13H18O3/c1-8(2)13(14)7-15-11-9(3)5-6-10(4)12(11)16-13/h5-6,8,14H,7H2,1-4H3/t13-/m0/s1. The monoisotopic (exact) mass is 222 g/mol. The Morgan fingerprint density at radius 3 is 2.31 bits per heavy atom. The summed E-state index contributed by atoms with van der Waals surface area (Å²) < 4.78 is 11.4. The van der Waals surface area contributed by atoms with Crippen LogP contribution < -0.4 is 9.47 Å². The van der Waals surface area contributed by atoms with Crippen LogP contribution in [0.2, 0.25) is 0 Å². The molecule has 0 saturated heterocycles. The summed E-state index contributed by atoms with van der Waals surface area (Å²) in [4.78, 5) is 0. The van der Waals surface area contributed by atoms with Gasteiger partial charge in [0.25, 0.3) is 0 Å². The predicted molar refractivity (Wildman–Crippen MR) is 61.8 cm³/mol. The van der Waals surface area contributed by atoms with E-state index in [-0.39, 0.29) is 12.5 Å². The molecule has 1 aliphatic heterocycles. The molecule has 1 heterocycles. The predicted octanol–water partition coefficient (Wildman–Crippen LogP) is 2.42. The molecule has 1 aromatic rings. The number of aliphatic hydroxyl groups is 1. The van der Waals surface area contributed by atoms with Crippen LogP contribution in [0.1, 0.15) is 25.0 Å². The second kappa shape index (κ2) is 3.67. The molecule has 88 valence electrons. The van der Waals surface area contributed by atoms with Crippen molar-refractivity contribution < 1.29 is 14.6 Å². The zero-order valence-corrected chi connectivity index (χ0v) is 10.2. The Balaban J connectivity index is 2.44. The molecule has 1 atom stereocenters. The van der Waals surface area contributed by atoms with Crippen LogP contribution in [0, 0.1) is 19.8 Å². The van der Waals surface area contributed by atoms with Gasteiger partial charge in [-0.15, -0.1) is 0 Å². The average Bonchev–Trinajstić information content (AvgIpc) is 2.23. The third-order valence-electron chi connectivity index (χ3n) is 3.11. The molecule has 0 saturated carbocycles. The van der Waals surface area contributed by atoms with Gasteiger partial charge in [-0.1, -0.05) is 26.0 Å². The van der Waals surface area contributed by atoms with Gasteiger partial charge in [0.15, 0.2) is 18.1 Å². The molecule has 0 aliphatic carbocycles. The van der Waals surface area contributed by atoms with Crippen LogP contribution >= 0.6 is 0 Å². The van der Waals surface area contributed by atoms with Gasteiger partial charge in [0.1, 0.15) is 0 Å². The number of benzene rings is 1. The van der Waals surface area contributed by atoms with Gasteiger partial charge in [0.05, 0.1) is 0 Å². The lowest BCUT2D eigenvalue weighted by Crippen LogP contribution is -2.49. The molecular weight excluding hydrogens is 204 g/mol. The van der Waals surface area contributed by atoms with Gasteiger partial charge >= 0.3 is 0 Å². The molecule has 16 heavy (non-hydrogen) atoms. The quantitative estimate of drug-likeness (QED) is 0.793. The Bertz CT molecular complexity index is 412. The van der Waals surface area contributed by atoms with E-state index in [9.17, 15) is 5.11 Å². The number of hydrogen-bond acceptors (Lipinski definition) is 3. The first-order valence-corrected chi connectivity index (χ1v) is 5.58. The van der Waals surface area contributed by atoms with Gasteiger partial charge in [0.2, 0.25) is 5.79 Å². The van der Waals surface area contributed by atoms with Crippen molar-refractivity contribution in [2.45, 2.75) is 33.5 Å². The van der Waals surface area contributed by atoms with Gasteiger partial charge in [-0.25, -0.2) is 0 Å². The summed E-state index contributed by atoms with van der Waals surface area (Å²) in [6.45, 7) is 7.94. The molecule has 0 bridgehead atoms. The van der Waals surface area contributed by atoms with Crippen molar-refractivity contribution in [3.63, 3.8) is 0 Å². The van der Waals surface area contributed by atoms with Gasteiger partial charge in [-0.2, -0.15) is 0 Å². The fourth-order valence-electron chi connectivity index (χ4n) is 1.73. The van der Waals surface area contributed by atoms with Crippen LogP contribution in [0.15, 0.2) is 12.1 Å². The molecule has 2 rings (SSSR count). The molecule has 1 aromatic carbocycles. The molecule has 3 nitrogen and oxygen atoms in total. The van der Waals surface area contributed by atoms with Crippen molar-refractivity contribution in [3.8, 4) is 11.5 Å².